The minimum Gasteiger partial charge on any atom is -0.410 e. The van der Waals surface area contributed by atoms with E-state index >= 15 is 0 Å². The van der Waals surface area contributed by atoms with Crippen molar-refractivity contribution >= 4 is 6.09 Å². The second-order valence-corrected chi connectivity index (χ2v) is 2.81. The van der Waals surface area contributed by atoms with Crippen molar-refractivity contribution in [2.45, 2.75) is 13.3 Å². The predicted octanol–water partition coefficient (Wildman–Crippen LogP) is 2.19. The van der Waals surface area contributed by atoms with Gasteiger partial charge in [-0.3, -0.25) is 0 Å². The van der Waals surface area contributed by atoms with Crippen LogP contribution in [0.5, 0.6) is 5.75 Å². The van der Waals surface area contributed by atoms with Crippen LogP contribution in [-0.4, -0.2) is 12.6 Å². The third kappa shape index (κ3) is 4.72. The Labute approximate surface area is 89.4 Å². The fraction of sp³-hybridized carbons (Fsp3) is 0.250. The van der Waals surface area contributed by atoms with Gasteiger partial charge in [-0.2, -0.15) is 0 Å². The van der Waals surface area contributed by atoms with Gasteiger partial charge in [-0.15, -0.1) is 11.8 Å². The van der Waals surface area contributed by atoms with E-state index in [0.717, 1.165) is 0 Å². The lowest BCUT2D eigenvalue weighted by Crippen LogP contribution is -2.27. The Balaban J connectivity index is 2.27. The molecule has 0 aliphatic carbocycles. The van der Waals surface area contributed by atoms with E-state index in [1.54, 1.807) is 19.1 Å². The van der Waals surface area contributed by atoms with E-state index in [9.17, 15) is 4.79 Å². The highest BCUT2D eigenvalue weighted by molar-refractivity contribution is 5.70. The molecule has 0 aliphatic heterocycles. The third-order valence-electron chi connectivity index (χ3n) is 1.65. The van der Waals surface area contributed by atoms with E-state index in [2.05, 4.69) is 17.2 Å². The smallest absolute Gasteiger partial charge is 0.410 e. The summed E-state index contributed by atoms with van der Waals surface area (Å²) in [7, 11) is 0. The van der Waals surface area contributed by atoms with Gasteiger partial charge in [0.1, 0.15) is 5.75 Å². The Morgan fingerprint density at radius 2 is 2.13 bits per heavy atom. The number of para-hydroxylation sites is 1. The lowest BCUT2D eigenvalue weighted by atomic mass is 10.3. The summed E-state index contributed by atoms with van der Waals surface area (Å²) in [5, 5.41) is 2.60. The maximum absolute atomic E-state index is 11.2. The number of rotatable bonds is 3. The van der Waals surface area contributed by atoms with Crippen LogP contribution in [0.3, 0.4) is 0 Å². The van der Waals surface area contributed by atoms with Gasteiger partial charge in [0.05, 0.1) is 0 Å². The number of hydrogen-bond donors (Lipinski definition) is 1. The van der Waals surface area contributed by atoms with Gasteiger partial charge in [0, 0.05) is 13.0 Å². The van der Waals surface area contributed by atoms with Gasteiger partial charge in [0.2, 0.25) is 0 Å². The second-order valence-electron chi connectivity index (χ2n) is 2.81. The van der Waals surface area contributed by atoms with Crippen LogP contribution in [0.4, 0.5) is 4.79 Å². The molecule has 0 heterocycles. The average Bonchev–Trinajstić information content (AvgIpc) is 2.26. The molecule has 1 aromatic carbocycles. The highest BCUT2D eigenvalue weighted by Gasteiger charge is 2.01. The Hall–Kier alpha value is -1.95. The summed E-state index contributed by atoms with van der Waals surface area (Å²) in [6, 6.07) is 8.94. The van der Waals surface area contributed by atoms with E-state index in [4.69, 9.17) is 4.74 Å². The Kier molecular flexibility index (Phi) is 4.82. The fourth-order valence-electron chi connectivity index (χ4n) is 0.984. The first-order valence-corrected chi connectivity index (χ1v) is 4.73. The molecule has 0 saturated heterocycles. The molecule has 1 amide bonds. The van der Waals surface area contributed by atoms with Crippen LogP contribution < -0.4 is 10.1 Å². The van der Waals surface area contributed by atoms with Crippen molar-refractivity contribution in [2.75, 3.05) is 6.54 Å². The van der Waals surface area contributed by atoms with Gasteiger partial charge in [-0.1, -0.05) is 18.2 Å². The van der Waals surface area contributed by atoms with Crippen LogP contribution >= 0.6 is 0 Å². The zero-order valence-corrected chi connectivity index (χ0v) is 8.62. The first-order valence-electron chi connectivity index (χ1n) is 4.73. The topological polar surface area (TPSA) is 38.3 Å². The monoisotopic (exact) mass is 203 g/mol. The molecule has 1 N–H and O–H groups in total. The molecule has 0 radical (unpaired) electrons. The average molecular weight is 203 g/mol. The number of nitrogens with one attached hydrogen (secondary N) is 1. The minimum atomic E-state index is -0.445. The van der Waals surface area contributed by atoms with E-state index < -0.39 is 6.09 Å². The number of ether oxygens (including phenoxy) is 1. The number of carbonyl (C=O) groups is 1. The summed E-state index contributed by atoms with van der Waals surface area (Å²) in [6.07, 6.45) is 0.194. The molecule has 3 heteroatoms. The molecule has 15 heavy (non-hydrogen) atoms. The molecule has 0 aromatic heterocycles. The molecule has 0 unspecified atom stereocenters. The SMILES string of the molecule is CC#CCCNC(=O)Oc1ccccc1. The van der Waals surface area contributed by atoms with E-state index in [1.807, 2.05) is 18.2 Å². The zero-order valence-electron chi connectivity index (χ0n) is 8.62. The second kappa shape index (κ2) is 6.50. The van der Waals surface area contributed by atoms with Crippen LogP contribution in [0.2, 0.25) is 0 Å². The molecule has 1 aromatic rings. The van der Waals surface area contributed by atoms with Gasteiger partial charge in [0.25, 0.3) is 0 Å². The molecule has 78 valence electrons. The maximum atomic E-state index is 11.2. The van der Waals surface area contributed by atoms with Gasteiger partial charge < -0.3 is 10.1 Å². The molecule has 0 aliphatic rings. The molecule has 1 rings (SSSR count). The van der Waals surface area contributed by atoms with E-state index in [1.165, 1.54) is 0 Å². The lowest BCUT2D eigenvalue weighted by molar-refractivity contribution is 0.201. The molecular formula is C12H13NO2. The van der Waals surface area contributed by atoms with Crippen LogP contribution in [0.15, 0.2) is 30.3 Å². The standard InChI is InChI=1S/C12H13NO2/c1-2-3-7-10-13-12(14)15-11-8-5-4-6-9-11/h4-6,8-9H,7,10H2,1H3,(H,13,14). The van der Waals surface area contributed by atoms with Gasteiger partial charge in [-0.05, 0) is 19.1 Å². The molecular weight excluding hydrogens is 190 g/mol. The first-order chi connectivity index (χ1) is 7.33. The largest absolute Gasteiger partial charge is 0.412 e. The Morgan fingerprint density at radius 3 is 2.80 bits per heavy atom. The zero-order chi connectivity index (χ0) is 10.9. The van der Waals surface area contributed by atoms with Crippen LogP contribution in [0.1, 0.15) is 13.3 Å². The molecule has 3 nitrogen and oxygen atoms in total. The normalized spacial score (nSPS) is 8.60. The Bertz CT molecular complexity index is 362. The van der Waals surface area contributed by atoms with Crippen LogP contribution in [0, 0.1) is 11.8 Å². The molecule has 0 atom stereocenters. The van der Waals surface area contributed by atoms with E-state index in [-0.39, 0.29) is 0 Å². The number of hydrogen-bond acceptors (Lipinski definition) is 2. The van der Waals surface area contributed by atoms with Gasteiger partial charge in [-0.25, -0.2) is 4.79 Å². The van der Waals surface area contributed by atoms with Crippen molar-refractivity contribution in [3.63, 3.8) is 0 Å². The number of amides is 1. The number of benzene rings is 1. The van der Waals surface area contributed by atoms with Crippen molar-refractivity contribution in [3.05, 3.63) is 30.3 Å². The van der Waals surface area contributed by atoms with Crippen molar-refractivity contribution in [1.82, 2.24) is 5.32 Å². The van der Waals surface area contributed by atoms with Gasteiger partial charge >= 0.3 is 6.09 Å². The summed E-state index contributed by atoms with van der Waals surface area (Å²) in [6.45, 7) is 2.27. The highest BCUT2D eigenvalue weighted by Crippen LogP contribution is 2.07. The molecule has 0 bridgehead atoms. The summed E-state index contributed by atoms with van der Waals surface area (Å²) < 4.78 is 5.00. The fourth-order valence-corrected chi connectivity index (χ4v) is 0.984. The third-order valence-corrected chi connectivity index (χ3v) is 1.65. The minimum absolute atomic E-state index is 0.445. The molecule has 0 fully saturated rings. The van der Waals surface area contributed by atoms with Crippen molar-refractivity contribution in [2.24, 2.45) is 0 Å². The van der Waals surface area contributed by atoms with Crippen molar-refractivity contribution in [1.29, 1.82) is 0 Å². The van der Waals surface area contributed by atoms with Crippen LogP contribution in [0.25, 0.3) is 0 Å². The van der Waals surface area contributed by atoms with Gasteiger partial charge in [0.15, 0.2) is 0 Å². The first kappa shape index (κ1) is 11.1. The summed E-state index contributed by atoms with van der Waals surface area (Å²) in [5.41, 5.74) is 0. The quantitative estimate of drug-likeness (QED) is 0.604. The van der Waals surface area contributed by atoms with E-state index in [0.29, 0.717) is 18.7 Å². The molecule has 0 spiro atoms. The highest BCUT2D eigenvalue weighted by atomic mass is 16.5. The van der Waals surface area contributed by atoms with Crippen molar-refractivity contribution < 1.29 is 9.53 Å². The maximum Gasteiger partial charge on any atom is 0.412 e. The lowest BCUT2D eigenvalue weighted by Gasteiger charge is -2.04. The van der Waals surface area contributed by atoms with Crippen LogP contribution in [-0.2, 0) is 0 Å². The summed E-state index contributed by atoms with van der Waals surface area (Å²) in [4.78, 5) is 11.2. The number of carbonyl (C=O) groups excluding carboxylic acids is 1. The van der Waals surface area contributed by atoms with Crippen molar-refractivity contribution in [3.8, 4) is 17.6 Å². The predicted molar refractivity (Wildman–Crippen MR) is 58.5 cm³/mol. The Morgan fingerprint density at radius 1 is 1.40 bits per heavy atom. The summed E-state index contributed by atoms with van der Waals surface area (Å²) >= 11 is 0. The summed E-state index contributed by atoms with van der Waals surface area (Å²) in [5.74, 6) is 6.13. The molecule has 0 saturated carbocycles.